The third kappa shape index (κ3) is 26.6. The van der Waals surface area contributed by atoms with Crippen molar-refractivity contribution >= 4 is 11.4 Å². The summed E-state index contributed by atoms with van der Waals surface area (Å²) >= 11 is 0. The topological polar surface area (TPSA) is 25.3 Å². The van der Waals surface area contributed by atoms with Crippen molar-refractivity contribution in [2.75, 3.05) is 0 Å². The molecule has 0 saturated carbocycles. The molecular formula is C73H118N2. The monoisotopic (exact) mass is 1020 g/mol. The van der Waals surface area contributed by atoms with E-state index in [0.717, 1.165) is 99.6 Å². The Bertz CT molecular complexity index is 1990. The number of allylic oxidation sites excluding steroid dienone is 6. The van der Waals surface area contributed by atoms with Crippen LogP contribution in [0.2, 0.25) is 0 Å². The van der Waals surface area contributed by atoms with Gasteiger partial charge in [0.15, 0.2) is 0 Å². The minimum Gasteiger partial charge on any atom is -0.493 e. The van der Waals surface area contributed by atoms with Gasteiger partial charge in [-0.3, -0.25) is 0 Å². The summed E-state index contributed by atoms with van der Waals surface area (Å²) < 4.78 is 1.61. The Hall–Kier alpha value is -3.44. The van der Waals surface area contributed by atoms with Gasteiger partial charge in [-0.1, -0.05) is 287 Å². The molecule has 2 nitrogen and oxygen atoms in total. The van der Waals surface area contributed by atoms with Crippen LogP contribution in [-0.2, 0) is 12.8 Å². The molecule has 2 atom stereocenters. The molecule has 0 radical (unpaired) electrons. The highest BCUT2D eigenvalue weighted by atomic mass is 15.2. The van der Waals surface area contributed by atoms with Crippen LogP contribution >= 0.6 is 0 Å². The molecule has 0 spiro atoms. The number of nitrogens with zero attached hydrogens (tertiary/aromatic N) is 2. The van der Waals surface area contributed by atoms with E-state index in [9.17, 15) is 5.53 Å². The first kappa shape index (κ1) is 65.8. The van der Waals surface area contributed by atoms with Crippen LogP contribution in [0.25, 0.3) is 16.9 Å². The quantitative estimate of drug-likeness (QED) is 0.0273. The molecule has 2 aromatic rings. The Morgan fingerprint density at radius 3 is 1.23 bits per heavy atom. The van der Waals surface area contributed by atoms with Crippen molar-refractivity contribution in [2.24, 2.45) is 11.8 Å². The fourth-order valence-corrected chi connectivity index (χ4v) is 11.7. The molecule has 1 heterocycles. The van der Waals surface area contributed by atoms with Crippen LogP contribution in [0.1, 0.15) is 328 Å². The summed E-state index contributed by atoms with van der Waals surface area (Å²) in [6, 6.07) is 18.0. The van der Waals surface area contributed by atoms with Crippen molar-refractivity contribution < 1.29 is 4.70 Å². The average molecular weight is 1020 g/mol. The first-order valence-corrected chi connectivity index (χ1v) is 32.9. The van der Waals surface area contributed by atoms with Gasteiger partial charge < -0.3 is 5.53 Å². The number of hydrogen-bond donors (Lipinski definition) is 0. The predicted molar refractivity (Wildman–Crippen MR) is 334 cm³/mol. The van der Waals surface area contributed by atoms with E-state index in [1.54, 1.807) is 15.8 Å². The van der Waals surface area contributed by atoms with Gasteiger partial charge in [0.2, 0.25) is 11.4 Å². The maximum absolute atomic E-state index is 13.0. The largest absolute Gasteiger partial charge is 0.493 e. The lowest BCUT2D eigenvalue weighted by molar-refractivity contribution is -0.345. The van der Waals surface area contributed by atoms with E-state index in [1.807, 2.05) is 0 Å². The molecule has 0 aliphatic carbocycles. The van der Waals surface area contributed by atoms with E-state index < -0.39 is 0 Å². The third-order valence-electron chi connectivity index (χ3n) is 16.9. The van der Waals surface area contributed by atoms with E-state index in [0.29, 0.717) is 11.8 Å². The summed E-state index contributed by atoms with van der Waals surface area (Å²) in [6.45, 7) is 18.7. The fourth-order valence-electron chi connectivity index (χ4n) is 11.7. The van der Waals surface area contributed by atoms with Gasteiger partial charge in [0.05, 0.1) is 5.56 Å². The summed E-state index contributed by atoms with van der Waals surface area (Å²) in [7, 11) is 0. The van der Waals surface area contributed by atoms with Gasteiger partial charge in [-0.05, 0) is 131 Å². The molecule has 1 aliphatic heterocycles. The van der Waals surface area contributed by atoms with Crippen LogP contribution < -0.4 is 0 Å². The van der Waals surface area contributed by atoms with Crippen molar-refractivity contribution in [2.45, 2.75) is 319 Å². The molecular weight excluding hydrogens is 905 g/mol. The van der Waals surface area contributed by atoms with Crippen LogP contribution in [0.3, 0.4) is 0 Å². The van der Waals surface area contributed by atoms with Gasteiger partial charge >= 0.3 is 0 Å². The summed E-state index contributed by atoms with van der Waals surface area (Å²) in [5.74, 6) is 8.57. The Morgan fingerprint density at radius 1 is 0.440 bits per heavy atom. The molecule has 0 N–H and O–H groups in total. The minimum absolute atomic E-state index is 0.552. The van der Waals surface area contributed by atoms with Crippen LogP contribution in [0.4, 0.5) is 0 Å². The lowest BCUT2D eigenvalue weighted by Gasteiger charge is -2.17. The summed E-state index contributed by atoms with van der Waals surface area (Å²) in [4.78, 5) is 0. The summed E-state index contributed by atoms with van der Waals surface area (Å²) in [5.41, 5.74) is 25.4. The SMILES string of the molecule is CCCCCC#CC1=C(c2ccccc2CCC(C=C(CC)CCCCCCCCCCCCC)CC)[N+](=[N-])C(c2ccccc2CCC(C=C(CC)CCCCCCCCCCCCC)CC)=C1CCCCCC. The zero-order valence-corrected chi connectivity index (χ0v) is 50.8. The van der Waals surface area contributed by atoms with Crippen molar-refractivity contribution in [1.82, 2.24) is 0 Å². The maximum atomic E-state index is 13.0. The second kappa shape index (κ2) is 43.5. The van der Waals surface area contributed by atoms with Crippen molar-refractivity contribution in [3.63, 3.8) is 0 Å². The first-order valence-electron chi connectivity index (χ1n) is 32.9. The number of hydrogen-bond acceptors (Lipinski definition) is 0. The third-order valence-corrected chi connectivity index (χ3v) is 16.9. The minimum atomic E-state index is 0.552. The van der Waals surface area contributed by atoms with Crippen LogP contribution in [-0.4, -0.2) is 4.70 Å². The normalized spacial score (nSPS) is 14.1. The van der Waals surface area contributed by atoms with E-state index in [2.05, 4.69) is 128 Å². The highest BCUT2D eigenvalue weighted by Crippen LogP contribution is 2.44. The van der Waals surface area contributed by atoms with Crippen molar-refractivity contribution in [1.29, 1.82) is 0 Å². The maximum Gasteiger partial charge on any atom is 0.223 e. The molecule has 2 unspecified atom stereocenters. The zero-order chi connectivity index (χ0) is 54.0. The molecule has 2 heteroatoms. The number of rotatable bonds is 46. The average Bonchev–Trinajstić information content (AvgIpc) is 3.70. The van der Waals surface area contributed by atoms with Gasteiger partial charge in [0.25, 0.3) is 0 Å². The van der Waals surface area contributed by atoms with Gasteiger partial charge in [-0.2, -0.15) is 0 Å². The molecule has 0 saturated heterocycles. The van der Waals surface area contributed by atoms with Crippen molar-refractivity contribution in [3.05, 3.63) is 111 Å². The highest BCUT2D eigenvalue weighted by molar-refractivity contribution is 5.86. The molecule has 75 heavy (non-hydrogen) atoms. The summed E-state index contributed by atoms with van der Waals surface area (Å²) in [6.07, 6.45) is 57.5. The molecule has 420 valence electrons. The lowest BCUT2D eigenvalue weighted by atomic mass is 9.89. The van der Waals surface area contributed by atoms with E-state index in [4.69, 9.17) is 0 Å². The molecule has 0 fully saturated rings. The van der Waals surface area contributed by atoms with Gasteiger partial charge in [0.1, 0.15) is 5.57 Å². The van der Waals surface area contributed by atoms with Crippen LogP contribution in [0.15, 0.2) is 83.0 Å². The van der Waals surface area contributed by atoms with Gasteiger partial charge in [0, 0.05) is 17.6 Å². The molecule has 0 aromatic heterocycles. The fraction of sp³-hybridized carbons (Fsp3) is 0.699. The Labute approximate surface area is 466 Å². The standard InChI is InChI=1S/C73H118N2/c1-9-17-21-25-27-29-31-33-35-38-40-48-62(13-5)60-64(15-7)56-58-66-50-44-46-52-68(66)72-70(54-42-24-20-12-4)71(55-43-37-23-19-11-3)73(75(72)74)69-53-47-45-51-67(69)59-57-65(16-8)61-63(14-6)49-41-39-36-34-32-30-28-26-22-18-10-2/h44-47,50-53,60-61,64-65H,9-42,48-49,54,56-59H2,1-8H3. The highest BCUT2D eigenvalue weighted by Gasteiger charge is 2.37. The van der Waals surface area contributed by atoms with Gasteiger partial charge in [-0.25, -0.2) is 4.70 Å². The molecule has 1 aliphatic rings. The van der Waals surface area contributed by atoms with Crippen LogP contribution in [0, 0.1) is 23.7 Å². The Balaban J connectivity index is 1.85. The van der Waals surface area contributed by atoms with E-state index in [1.165, 1.54) is 208 Å². The second-order valence-corrected chi connectivity index (χ2v) is 23.1. The van der Waals surface area contributed by atoms with Crippen LogP contribution in [0.5, 0.6) is 0 Å². The van der Waals surface area contributed by atoms with Crippen molar-refractivity contribution in [3.8, 4) is 11.8 Å². The molecule has 0 bridgehead atoms. The van der Waals surface area contributed by atoms with E-state index >= 15 is 0 Å². The zero-order valence-electron chi connectivity index (χ0n) is 50.8. The number of aryl methyl sites for hydroxylation is 2. The second-order valence-electron chi connectivity index (χ2n) is 23.1. The summed E-state index contributed by atoms with van der Waals surface area (Å²) in [5, 5.41) is 0. The Kier molecular flexibility index (Phi) is 38.2. The predicted octanol–water partition coefficient (Wildman–Crippen LogP) is 24.4. The molecule has 3 rings (SSSR count). The van der Waals surface area contributed by atoms with Gasteiger partial charge in [-0.15, -0.1) is 0 Å². The first-order chi connectivity index (χ1) is 36.9. The van der Waals surface area contributed by atoms with E-state index in [-0.39, 0.29) is 0 Å². The smallest absolute Gasteiger partial charge is 0.223 e. The molecule has 0 amide bonds. The number of benzene rings is 2. The lowest BCUT2D eigenvalue weighted by Crippen LogP contribution is -2.08. The molecule has 2 aromatic carbocycles. The Morgan fingerprint density at radius 2 is 0.813 bits per heavy atom. The number of unbranched alkanes of at least 4 members (excludes halogenated alkanes) is 26.